The average molecular weight is 473 g/mol. The number of benzene rings is 2. The minimum absolute atomic E-state index is 0.0871. The monoisotopic (exact) mass is 472 g/mol. The van der Waals surface area contributed by atoms with Crippen LogP contribution in [0.2, 0.25) is 0 Å². The van der Waals surface area contributed by atoms with E-state index in [9.17, 15) is 10.1 Å². The molecule has 8 heteroatoms. The SMILES string of the molecule is N[C@]1(C2CCCN(c3ccc([N+](=O)[O-])cc3)C2)CCCCC1Nc1nccc(-c2ccccc2)n1. The van der Waals surface area contributed by atoms with Crippen LogP contribution in [-0.4, -0.2) is 39.6 Å². The third-order valence-electron chi connectivity index (χ3n) is 7.64. The molecule has 1 aromatic heterocycles. The molecule has 3 atom stereocenters. The van der Waals surface area contributed by atoms with Crippen LogP contribution >= 0.6 is 0 Å². The summed E-state index contributed by atoms with van der Waals surface area (Å²) in [6.45, 7) is 1.78. The number of hydrogen-bond donors (Lipinski definition) is 2. The summed E-state index contributed by atoms with van der Waals surface area (Å²) in [6.07, 6.45) is 8.12. The minimum atomic E-state index is -0.371. The van der Waals surface area contributed by atoms with Crippen LogP contribution in [0.4, 0.5) is 17.3 Å². The van der Waals surface area contributed by atoms with Crippen molar-refractivity contribution in [3.05, 3.63) is 77.0 Å². The molecule has 1 saturated heterocycles. The first kappa shape index (κ1) is 23.2. The van der Waals surface area contributed by atoms with Gasteiger partial charge in [-0.05, 0) is 49.8 Å². The number of aromatic nitrogens is 2. The normalized spacial score (nSPS) is 24.7. The second-order valence-electron chi connectivity index (χ2n) is 9.75. The van der Waals surface area contributed by atoms with Gasteiger partial charge < -0.3 is 16.0 Å². The zero-order valence-corrected chi connectivity index (χ0v) is 19.8. The fraction of sp³-hybridized carbons (Fsp3) is 0.407. The topological polar surface area (TPSA) is 110 Å². The van der Waals surface area contributed by atoms with Gasteiger partial charge in [0.05, 0.1) is 10.6 Å². The van der Waals surface area contributed by atoms with E-state index in [2.05, 4.69) is 27.3 Å². The quantitative estimate of drug-likeness (QED) is 0.383. The van der Waals surface area contributed by atoms with Crippen molar-refractivity contribution in [3.8, 4) is 11.3 Å². The molecule has 0 bridgehead atoms. The molecule has 35 heavy (non-hydrogen) atoms. The van der Waals surface area contributed by atoms with Gasteiger partial charge in [0.15, 0.2) is 0 Å². The highest BCUT2D eigenvalue weighted by molar-refractivity contribution is 5.59. The van der Waals surface area contributed by atoms with Gasteiger partial charge >= 0.3 is 0 Å². The highest BCUT2D eigenvalue weighted by Gasteiger charge is 2.45. The Morgan fingerprint density at radius 3 is 2.60 bits per heavy atom. The van der Waals surface area contributed by atoms with Gasteiger partial charge in [0, 0.05) is 54.3 Å². The maximum atomic E-state index is 11.0. The highest BCUT2D eigenvalue weighted by Crippen LogP contribution is 2.39. The Kier molecular flexibility index (Phi) is 6.63. The molecule has 8 nitrogen and oxygen atoms in total. The van der Waals surface area contributed by atoms with Crippen molar-refractivity contribution in [3.63, 3.8) is 0 Å². The second kappa shape index (κ2) is 10.00. The van der Waals surface area contributed by atoms with Crippen molar-refractivity contribution in [2.75, 3.05) is 23.3 Å². The Labute approximate surface area is 205 Å². The van der Waals surface area contributed by atoms with Crippen molar-refractivity contribution in [1.82, 2.24) is 9.97 Å². The van der Waals surface area contributed by atoms with Crippen molar-refractivity contribution >= 4 is 17.3 Å². The van der Waals surface area contributed by atoms with Crippen LogP contribution in [0.1, 0.15) is 38.5 Å². The molecule has 0 amide bonds. The minimum Gasteiger partial charge on any atom is -0.371 e. The van der Waals surface area contributed by atoms with E-state index < -0.39 is 0 Å². The van der Waals surface area contributed by atoms with Crippen LogP contribution in [0.3, 0.4) is 0 Å². The van der Waals surface area contributed by atoms with Gasteiger partial charge in [-0.3, -0.25) is 10.1 Å². The lowest BCUT2D eigenvalue weighted by Crippen LogP contribution is -2.64. The van der Waals surface area contributed by atoms with Gasteiger partial charge in [-0.1, -0.05) is 43.2 Å². The Morgan fingerprint density at radius 2 is 1.83 bits per heavy atom. The van der Waals surface area contributed by atoms with E-state index in [1.165, 1.54) is 0 Å². The molecule has 2 unspecified atom stereocenters. The molecule has 0 radical (unpaired) electrons. The number of anilines is 2. The van der Waals surface area contributed by atoms with Crippen LogP contribution in [0, 0.1) is 16.0 Å². The Hall–Kier alpha value is -3.52. The van der Waals surface area contributed by atoms with E-state index in [0.717, 1.165) is 68.6 Å². The predicted octanol–water partition coefficient (Wildman–Crippen LogP) is 5.02. The van der Waals surface area contributed by atoms with E-state index in [1.807, 2.05) is 36.4 Å². The third-order valence-corrected chi connectivity index (χ3v) is 7.64. The van der Waals surface area contributed by atoms with Gasteiger partial charge in [-0.2, -0.15) is 0 Å². The highest BCUT2D eigenvalue weighted by atomic mass is 16.6. The first-order valence-electron chi connectivity index (χ1n) is 12.5. The lowest BCUT2D eigenvalue weighted by Gasteiger charge is -2.50. The smallest absolute Gasteiger partial charge is 0.269 e. The van der Waals surface area contributed by atoms with Crippen LogP contribution in [0.25, 0.3) is 11.3 Å². The summed E-state index contributed by atoms with van der Waals surface area (Å²) in [5, 5.41) is 14.6. The number of rotatable bonds is 6. The van der Waals surface area contributed by atoms with Crippen LogP contribution in [0.5, 0.6) is 0 Å². The summed E-state index contributed by atoms with van der Waals surface area (Å²) < 4.78 is 0. The van der Waals surface area contributed by atoms with Gasteiger partial charge in [0.1, 0.15) is 0 Å². The summed E-state index contributed by atoms with van der Waals surface area (Å²) in [6, 6.07) is 19.0. The van der Waals surface area contributed by atoms with E-state index in [0.29, 0.717) is 11.9 Å². The number of nitrogens with one attached hydrogen (secondary N) is 1. The van der Waals surface area contributed by atoms with Crippen molar-refractivity contribution < 1.29 is 4.92 Å². The molecule has 1 aliphatic carbocycles. The average Bonchev–Trinajstić information content (AvgIpc) is 2.91. The van der Waals surface area contributed by atoms with E-state index in [-0.39, 0.29) is 22.2 Å². The van der Waals surface area contributed by atoms with E-state index in [1.54, 1.807) is 18.3 Å². The molecule has 2 aliphatic rings. The molecular formula is C27H32N6O2. The molecular weight excluding hydrogens is 440 g/mol. The molecule has 2 aromatic carbocycles. The summed E-state index contributed by atoms with van der Waals surface area (Å²) in [4.78, 5) is 22.3. The molecule has 0 spiro atoms. The fourth-order valence-corrected chi connectivity index (χ4v) is 5.71. The number of piperidine rings is 1. The Bertz CT molecular complexity index is 1160. The number of hydrogen-bond acceptors (Lipinski definition) is 7. The fourth-order valence-electron chi connectivity index (χ4n) is 5.71. The molecule has 1 aliphatic heterocycles. The van der Waals surface area contributed by atoms with Crippen LogP contribution in [-0.2, 0) is 0 Å². The van der Waals surface area contributed by atoms with Gasteiger partial charge in [0.2, 0.25) is 5.95 Å². The summed E-state index contributed by atoms with van der Waals surface area (Å²) >= 11 is 0. The second-order valence-corrected chi connectivity index (χ2v) is 9.75. The molecule has 5 rings (SSSR count). The largest absolute Gasteiger partial charge is 0.371 e. The molecule has 182 valence electrons. The zero-order chi connectivity index (χ0) is 24.3. The number of nitrogens with two attached hydrogens (primary N) is 1. The Morgan fingerprint density at radius 1 is 1.03 bits per heavy atom. The van der Waals surface area contributed by atoms with E-state index in [4.69, 9.17) is 10.7 Å². The number of nitrogens with zero attached hydrogens (tertiary/aromatic N) is 4. The molecule has 2 heterocycles. The number of nitro groups is 1. The summed E-state index contributed by atoms with van der Waals surface area (Å²) in [5.41, 5.74) is 9.96. The zero-order valence-electron chi connectivity index (χ0n) is 19.8. The van der Waals surface area contributed by atoms with Crippen LogP contribution < -0.4 is 16.0 Å². The molecule has 2 fully saturated rings. The molecule has 1 saturated carbocycles. The first-order chi connectivity index (χ1) is 17.0. The van der Waals surface area contributed by atoms with E-state index >= 15 is 0 Å². The maximum Gasteiger partial charge on any atom is 0.269 e. The lowest BCUT2D eigenvalue weighted by molar-refractivity contribution is -0.384. The molecule has 3 aromatic rings. The lowest BCUT2D eigenvalue weighted by atomic mass is 9.67. The summed E-state index contributed by atoms with van der Waals surface area (Å²) in [7, 11) is 0. The van der Waals surface area contributed by atoms with Crippen molar-refractivity contribution in [1.29, 1.82) is 0 Å². The Balaban J connectivity index is 1.34. The van der Waals surface area contributed by atoms with Gasteiger partial charge in [-0.15, -0.1) is 0 Å². The van der Waals surface area contributed by atoms with Gasteiger partial charge in [-0.25, -0.2) is 9.97 Å². The van der Waals surface area contributed by atoms with Crippen molar-refractivity contribution in [2.45, 2.75) is 50.1 Å². The maximum absolute atomic E-state index is 11.0. The van der Waals surface area contributed by atoms with Crippen LogP contribution in [0.15, 0.2) is 66.9 Å². The molecule has 3 N–H and O–H groups in total. The summed E-state index contributed by atoms with van der Waals surface area (Å²) in [5.74, 6) is 0.928. The first-order valence-corrected chi connectivity index (χ1v) is 12.5. The standard InChI is InChI=1S/C27H32N6O2/c28-27(21-9-6-18-32(19-21)22-11-13-23(14-12-22)33(34)35)16-5-4-10-25(27)31-26-29-17-15-24(30-26)20-7-2-1-3-8-20/h1-3,7-8,11-15,17,21,25H,4-6,9-10,16,18-19,28H2,(H,29,30,31)/t21?,25?,27-/m0/s1. The predicted molar refractivity (Wildman–Crippen MR) is 138 cm³/mol. The van der Waals surface area contributed by atoms with Gasteiger partial charge in [0.25, 0.3) is 5.69 Å². The number of nitro benzene ring substituents is 1. The number of non-ortho nitro benzene ring substituents is 1. The van der Waals surface area contributed by atoms with Crippen molar-refractivity contribution in [2.24, 2.45) is 11.7 Å². The third kappa shape index (κ3) is 4.98.